The van der Waals surface area contributed by atoms with E-state index < -0.39 is 0 Å². The predicted molar refractivity (Wildman–Crippen MR) is 118 cm³/mol. The van der Waals surface area contributed by atoms with Crippen LogP contribution in [0.4, 0.5) is 0 Å². The molecule has 1 aliphatic rings. The molecule has 1 aliphatic heterocycles. The highest BCUT2D eigenvalue weighted by Crippen LogP contribution is 2.26. The molecule has 0 N–H and O–H groups in total. The van der Waals surface area contributed by atoms with Gasteiger partial charge in [-0.1, -0.05) is 35.9 Å². The van der Waals surface area contributed by atoms with Crippen molar-refractivity contribution in [2.24, 2.45) is 7.05 Å². The Bertz CT molecular complexity index is 1220. The summed E-state index contributed by atoms with van der Waals surface area (Å²) >= 11 is 6.07. The summed E-state index contributed by atoms with van der Waals surface area (Å²) < 4.78 is 3.72. The summed E-state index contributed by atoms with van der Waals surface area (Å²) in [4.78, 5) is 15.5. The molecule has 2 aromatic heterocycles. The van der Waals surface area contributed by atoms with E-state index in [1.807, 2.05) is 71.2 Å². The van der Waals surface area contributed by atoms with Gasteiger partial charge in [-0.25, -0.2) is 4.68 Å². The molecule has 6 heteroatoms. The number of rotatable bonds is 3. The zero-order valence-corrected chi connectivity index (χ0v) is 17.4. The molecule has 0 radical (unpaired) electrons. The fourth-order valence-electron chi connectivity index (χ4n) is 4.00. The van der Waals surface area contributed by atoms with Gasteiger partial charge in [0.05, 0.1) is 11.4 Å². The second-order valence-corrected chi connectivity index (χ2v) is 7.99. The van der Waals surface area contributed by atoms with E-state index in [2.05, 4.69) is 18.2 Å². The molecule has 0 saturated heterocycles. The van der Waals surface area contributed by atoms with E-state index in [9.17, 15) is 4.79 Å². The lowest BCUT2D eigenvalue weighted by molar-refractivity contribution is 0.0725. The van der Waals surface area contributed by atoms with E-state index in [-0.39, 0.29) is 5.91 Å². The molecule has 0 unspecified atom stereocenters. The number of halogens is 1. The van der Waals surface area contributed by atoms with Gasteiger partial charge in [-0.15, -0.1) is 0 Å². The minimum Gasteiger partial charge on any atom is -0.349 e. The van der Waals surface area contributed by atoms with Crippen LogP contribution in [0, 0.1) is 0 Å². The van der Waals surface area contributed by atoms with E-state index in [1.165, 1.54) is 11.1 Å². The number of hydrogen-bond donors (Lipinski definition) is 0. The summed E-state index contributed by atoms with van der Waals surface area (Å²) in [6.45, 7) is 1.31. The minimum absolute atomic E-state index is 0.0209. The number of carbonyl (C=O) groups excluding carboxylic acids is 1. The molecule has 0 bridgehead atoms. The molecule has 1 amide bonds. The molecular weight excluding hydrogens is 396 g/mol. The van der Waals surface area contributed by atoms with Gasteiger partial charge >= 0.3 is 0 Å². The number of nitrogens with zero attached hydrogens (tertiary/aromatic N) is 4. The van der Waals surface area contributed by atoms with Crippen LogP contribution in [0.1, 0.15) is 21.6 Å². The average molecular weight is 417 g/mol. The molecule has 0 fully saturated rings. The van der Waals surface area contributed by atoms with Crippen LogP contribution in [0.25, 0.3) is 17.1 Å². The van der Waals surface area contributed by atoms with Crippen molar-refractivity contribution in [1.82, 2.24) is 19.2 Å². The second-order valence-electron chi connectivity index (χ2n) is 7.55. The van der Waals surface area contributed by atoms with Crippen LogP contribution in [0.2, 0.25) is 5.02 Å². The Hall–Kier alpha value is -3.31. The first-order valence-electron chi connectivity index (χ1n) is 9.94. The molecule has 4 aromatic rings. The SMILES string of the molecule is Cn1cccc1-c1cc(C(=O)N2CCc3ccccc3C2)n(-c2ccc(Cl)cc2)n1. The number of amides is 1. The molecule has 0 atom stereocenters. The van der Waals surface area contributed by atoms with E-state index in [1.54, 1.807) is 4.68 Å². The first kappa shape index (κ1) is 18.7. The van der Waals surface area contributed by atoms with Crippen molar-refractivity contribution in [3.63, 3.8) is 0 Å². The smallest absolute Gasteiger partial charge is 0.272 e. The van der Waals surface area contributed by atoms with Gasteiger partial charge in [-0.05, 0) is 60.0 Å². The first-order chi connectivity index (χ1) is 14.6. The van der Waals surface area contributed by atoms with E-state index in [0.717, 1.165) is 23.5 Å². The third kappa shape index (κ3) is 3.31. The molecule has 5 nitrogen and oxygen atoms in total. The Morgan fingerprint density at radius 2 is 1.77 bits per heavy atom. The van der Waals surface area contributed by atoms with Crippen LogP contribution in [0.5, 0.6) is 0 Å². The zero-order valence-electron chi connectivity index (χ0n) is 16.6. The van der Waals surface area contributed by atoms with Gasteiger partial charge < -0.3 is 9.47 Å². The van der Waals surface area contributed by atoms with Gasteiger partial charge in [0.2, 0.25) is 0 Å². The number of aromatic nitrogens is 3. The molecule has 2 aromatic carbocycles. The molecule has 0 saturated carbocycles. The van der Waals surface area contributed by atoms with Crippen LogP contribution in [-0.2, 0) is 20.0 Å². The normalized spacial score (nSPS) is 13.3. The summed E-state index contributed by atoms with van der Waals surface area (Å²) in [5.74, 6) is -0.0209. The molecule has 0 spiro atoms. The Labute approximate surface area is 180 Å². The van der Waals surface area contributed by atoms with Crippen molar-refractivity contribution in [1.29, 1.82) is 0 Å². The average Bonchev–Trinajstić information content (AvgIpc) is 3.39. The fraction of sp³-hybridized carbons (Fsp3) is 0.167. The van der Waals surface area contributed by atoms with Crippen molar-refractivity contribution in [2.45, 2.75) is 13.0 Å². The van der Waals surface area contributed by atoms with Crippen LogP contribution < -0.4 is 0 Å². The van der Waals surface area contributed by atoms with Gasteiger partial charge in [0.15, 0.2) is 0 Å². The second kappa shape index (κ2) is 7.50. The molecule has 3 heterocycles. The zero-order chi connectivity index (χ0) is 20.7. The summed E-state index contributed by atoms with van der Waals surface area (Å²) in [6, 6.07) is 21.6. The monoisotopic (exact) mass is 416 g/mol. The topological polar surface area (TPSA) is 43.1 Å². The van der Waals surface area contributed by atoms with Crippen molar-refractivity contribution in [3.05, 3.63) is 94.8 Å². The van der Waals surface area contributed by atoms with Crippen molar-refractivity contribution in [2.75, 3.05) is 6.54 Å². The first-order valence-corrected chi connectivity index (χ1v) is 10.3. The lowest BCUT2D eigenvalue weighted by Crippen LogP contribution is -2.37. The largest absolute Gasteiger partial charge is 0.349 e. The molecule has 30 heavy (non-hydrogen) atoms. The summed E-state index contributed by atoms with van der Waals surface area (Å²) in [5, 5.41) is 5.43. The lowest BCUT2D eigenvalue weighted by atomic mass is 10.00. The minimum atomic E-state index is -0.0209. The molecular formula is C24H21ClN4O. The Morgan fingerprint density at radius 1 is 1.00 bits per heavy atom. The van der Waals surface area contributed by atoms with Gasteiger partial charge in [-0.2, -0.15) is 5.10 Å². The number of aryl methyl sites for hydroxylation is 1. The highest BCUT2D eigenvalue weighted by molar-refractivity contribution is 6.30. The Balaban J connectivity index is 1.56. The predicted octanol–water partition coefficient (Wildman–Crippen LogP) is 4.73. The fourth-order valence-corrected chi connectivity index (χ4v) is 4.12. The summed E-state index contributed by atoms with van der Waals surface area (Å²) in [6.07, 6.45) is 2.83. The van der Waals surface area contributed by atoms with Gasteiger partial charge in [0.25, 0.3) is 5.91 Å². The van der Waals surface area contributed by atoms with Crippen LogP contribution in [-0.4, -0.2) is 31.7 Å². The van der Waals surface area contributed by atoms with Crippen LogP contribution in [0.3, 0.4) is 0 Å². The summed E-state index contributed by atoms with van der Waals surface area (Å²) in [7, 11) is 1.97. The third-order valence-corrected chi connectivity index (χ3v) is 5.88. The quantitative estimate of drug-likeness (QED) is 0.484. The number of carbonyl (C=O) groups is 1. The molecule has 150 valence electrons. The Morgan fingerprint density at radius 3 is 2.50 bits per heavy atom. The highest BCUT2D eigenvalue weighted by atomic mass is 35.5. The summed E-state index contributed by atoms with van der Waals surface area (Å²) in [5.41, 5.74) is 5.60. The number of fused-ring (bicyclic) bond motifs is 1. The molecule has 5 rings (SSSR count). The van der Waals surface area contributed by atoms with Crippen molar-refractivity contribution >= 4 is 17.5 Å². The maximum absolute atomic E-state index is 13.6. The van der Waals surface area contributed by atoms with Crippen molar-refractivity contribution in [3.8, 4) is 17.1 Å². The Kier molecular flexibility index (Phi) is 4.68. The van der Waals surface area contributed by atoms with Gasteiger partial charge in [0, 0.05) is 31.4 Å². The lowest BCUT2D eigenvalue weighted by Gasteiger charge is -2.29. The van der Waals surface area contributed by atoms with Crippen LogP contribution >= 0.6 is 11.6 Å². The van der Waals surface area contributed by atoms with E-state index in [4.69, 9.17) is 16.7 Å². The highest BCUT2D eigenvalue weighted by Gasteiger charge is 2.26. The molecule has 0 aliphatic carbocycles. The number of benzene rings is 2. The van der Waals surface area contributed by atoms with Gasteiger partial charge in [0.1, 0.15) is 11.4 Å². The number of hydrogen-bond acceptors (Lipinski definition) is 2. The van der Waals surface area contributed by atoms with Crippen molar-refractivity contribution < 1.29 is 4.79 Å². The third-order valence-electron chi connectivity index (χ3n) is 5.62. The van der Waals surface area contributed by atoms with Gasteiger partial charge in [-0.3, -0.25) is 4.79 Å². The standard InChI is InChI=1S/C24H21ClN4O/c1-27-13-4-7-22(27)21-15-23(29(26-21)20-10-8-19(25)9-11-20)24(30)28-14-12-17-5-2-3-6-18(17)16-28/h2-11,13,15H,12,14,16H2,1H3. The van der Waals surface area contributed by atoms with Crippen LogP contribution in [0.15, 0.2) is 72.9 Å². The maximum atomic E-state index is 13.6. The van der Waals surface area contributed by atoms with E-state index in [0.29, 0.717) is 23.8 Å². The maximum Gasteiger partial charge on any atom is 0.272 e. The van der Waals surface area contributed by atoms with E-state index >= 15 is 0 Å².